The van der Waals surface area contributed by atoms with Crippen LogP contribution in [0.5, 0.6) is 0 Å². The highest BCUT2D eigenvalue weighted by atomic mass is 32.2. The van der Waals surface area contributed by atoms with Crippen molar-refractivity contribution in [2.75, 3.05) is 25.5 Å². The maximum atomic E-state index is 13.3. The van der Waals surface area contributed by atoms with Gasteiger partial charge in [-0.1, -0.05) is 18.2 Å². The summed E-state index contributed by atoms with van der Waals surface area (Å²) in [6.07, 6.45) is 0.568. The molecule has 13 nitrogen and oxygen atoms in total. The van der Waals surface area contributed by atoms with Crippen molar-refractivity contribution in [1.82, 2.24) is 19.6 Å². The first-order valence-electron chi connectivity index (χ1n) is 10.6. The van der Waals surface area contributed by atoms with Crippen LogP contribution in [-0.4, -0.2) is 58.0 Å². The molecule has 6 N–H and O–H groups in total. The number of nitrogen functional groups attached to an aromatic ring is 1. The summed E-state index contributed by atoms with van der Waals surface area (Å²) in [7, 11) is -7.09. The van der Waals surface area contributed by atoms with Gasteiger partial charge in [0.1, 0.15) is 9.79 Å². The van der Waals surface area contributed by atoms with Crippen LogP contribution in [0.2, 0.25) is 0 Å². The molecule has 5 rings (SSSR count). The van der Waals surface area contributed by atoms with Gasteiger partial charge in [0.25, 0.3) is 0 Å². The zero-order chi connectivity index (χ0) is 25.0. The first-order chi connectivity index (χ1) is 16.6. The predicted octanol–water partition coefficient (Wildman–Crippen LogP) is 0.280. The fourth-order valence-corrected chi connectivity index (χ4v) is 7.22. The van der Waals surface area contributed by atoms with Crippen LogP contribution in [0.4, 0.5) is 5.95 Å². The zero-order valence-electron chi connectivity index (χ0n) is 18.6. The van der Waals surface area contributed by atoms with E-state index in [9.17, 15) is 16.8 Å². The van der Waals surface area contributed by atoms with E-state index in [1.54, 1.807) is 23.7 Å². The van der Waals surface area contributed by atoms with E-state index in [0.717, 1.165) is 0 Å². The molecule has 1 fully saturated rings. The second kappa shape index (κ2) is 8.46. The van der Waals surface area contributed by atoms with Crippen molar-refractivity contribution in [3.05, 3.63) is 35.9 Å². The molecule has 1 atom stereocenters. The molecule has 2 aliphatic rings. The molecule has 0 amide bonds. The molecule has 3 heterocycles. The number of aliphatic imine (C=N–C) groups is 1. The fourth-order valence-electron chi connectivity index (χ4n) is 4.35. The van der Waals surface area contributed by atoms with Gasteiger partial charge in [-0.15, -0.1) is 5.11 Å². The molecule has 1 aromatic heterocycles. The van der Waals surface area contributed by atoms with Gasteiger partial charge in [0.15, 0.2) is 12.5 Å². The van der Waals surface area contributed by atoms with Crippen LogP contribution in [-0.2, 0) is 27.1 Å². The molecule has 1 saturated heterocycles. The molecule has 15 heteroatoms. The summed E-state index contributed by atoms with van der Waals surface area (Å²) in [6, 6.07) is 7.64. The number of imidazole rings is 1. The highest BCUT2D eigenvalue weighted by molar-refractivity contribution is 7.92. The second-order valence-electron chi connectivity index (χ2n) is 8.24. The first kappa shape index (κ1) is 23.5. The van der Waals surface area contributed by atoms with Crippen molar-refractivity contribution in [2.24, 2.45) is 27.4 Å². The number of anilines is 1. The lowest BCUT2D eigenvalue weighted by Gasteiger charge is -2.19. The number of nitrogens with two attached hydrogens (primary N) is 2. The average Bonchev–Trinajstić information content (AvgIpc) is 3.55. The molecule has 0 unspecified atom stereocenters. The van der Waals surface area contributed by atoms with Crippen LogP contribution in [0, 0.1) is 0 Å². The van der Waals surface area contributed by atoms with Crippen molar-refractivity contribution < 1.29 is 16.8 Å². The average molecular weight is 518 g/mol. The van der Waals surface area contributed by atoms with Crippen LogP contribution >= 0.6 is 0 Å². The van der Waals surface area contributed by atoms with Crippen molar-refractivity contribution in [1.29, 1.82) is 0 Å². The number of sulfonamides is 2. The number of amidine groups is 1. The second-order valence-corrected chi connectivity index (χ2v) is 11.4. The minimum Gasteiger partial charge on any atom is -0.369 e. The largest absolute Gasteiger partial charge is 0.369 e. The molecular weight excluding hydrogens is 494 g/mol. The van der Waals surface area contributed by atoms with E-state index in [-0.39, 0.29) is 30.1 Å². The Bertz CT molecular complexity index is 1620. The minimum atomic E-state index is -4.57. The maximum Gasteiger partial charge on any atom is 0.242 e. The number of rotatable bonds is 6. The molecule has 0 radical (unpaired) electrons. The van der Waals surface area contributed by atoms with Gasteiger partial charge < -0.3 is 15.6 Å². The number of aromatic nitrogens is 2. The SMILES string of the molecule is Cn1c(N)nc2c(-c3ccc(S(=O)(=O)N[C@@H]4CCNC4)c(S(N)(=O)=O)c3C3=NCN=N3)cccc21. The lowest BCUT2D eigenvalue weighted by Crippen LogP contribution is -2.37. The number of nitrogens with one attached hydrogen (secondary N) is 2. The third-order valence-corrected chi connectivity index (χ3v) is 8.67. The number of azo groups is 1. The van der Waals surface area contributed by atoms with Gasteiger partial charge in [0.2, 0.25) is 26.0 Å². The van der Waals surface area contributed by atoms with Crippen LogP contribution in [0.3, 0.4) is 0 Å². The smallest absolute Gasteiger partial charge is 0.242 e. The number of nitrogens with zero attached hydrogens (tertiary/aromatic N) is 5. The summed E-state index contributed by atoms with van der Waals surface area (Å²) in [6.45, 7) is 1.05. The van der Waals surface area contributed by atoms with Crippen LogP contribution in [0.25, 0.3) is 22.2 Å². The lowest BCUT2D eigenvalue weighted by atomic mass is 9.97. The Labute approximate surface area is 201 Å². The number of fused-ring (bicyclic) bond motifs is 1. The standard InChI is InChI=1S/C20H23N9O4S2/c1-29-14-4-2-3-13(17(14)26-20(29)21)12-5-6-15(35(32,33)28-11-7-8-23-9-11)18(34(22,30)31)16(12)19-24-10-25-27-19/h2-6,11,23,28H,7-10H2,1H3,(H2,21,26)(H2,22,30,31)/t11-/m1/s1. The Morgan fingerprint density at radius 1 is 1.14 bits per heavy atom. The summed E-state index contributed by atoms with van der Waals surface area (Å²) < 4.78 is 56.8. The molecule has 35 heavy (non-hydrogen) atoms. The van der Waals surface area contributed by atoms with E-state index >= 15 is 0 Å². The van der Waals surface area contributed by atoms with Crippen LogP contribution < -0.4 is 20.9 Å². The minimum absolute atomic E-state index is 0.0253. The summed E-state index contributed by atoms with van der Waals surface area (Å²) >= 11 is 0. The normalized spacial score (nSPS) is 18.5. The molecule has 0 spiro atoms. The summed E-state index contributed by atoms with van der Waals surface area (Å²) in [5.74, 6) is 0.219. The molecule has 0 saturated carbocycles. The van der Waals surface area contributed by atoms with Crippen molar-refractivity contribution in [2.45, 2.75) is 22.3 Å². The predicted molar refractivity (Wildman–Crippen MR) is 130 cm³/mol. The zero-order valence-corrected chi connectivity index (χ0v) is 20.3. The lowest BCUT2D eigenvalue weighted by molar-refractivity contribution is 0.555. The number of primary sulfonamides is 1. The first-order valence-corrected chi connectivity index (χ1v) is 13.7. The quantitative estimate of drug-likeness (QED) is 0.360. The van der Waals surface area contributed by atoms with Crippen LogP contribution in [0.1, 0.15) is 12.0 Å². The molecule has 0 bridgehead atoms. The number of hydrogen-bond donors (Lipinski definition) is 4. The van der Waals surface area contributed by atoms with Gasteiger partial charge in [0.05, 0.1) is 16.6 Å². The van der Waals surface area contributed by atoms with Gasteiger partial charge in [-0.25, -0.2) is 36.7 Å². The topological polar surface area (TPSA) is 199 Å². The number of hydrogen-bond acceptors (Lipinski definition) is 10. The Hall–Kier alpha value is -3.24. The molecule has 2 aliphatic heterocycles. The number of para-hydroxylation sites is 1. The maximum absolute atomic E-state index is 13.3. The van der Waals surface area contributed by atoms with E-state index in [4.69, 9.17) is 10.9 Å². The fraction of sp³-hybridized carbons (Fsp3) is 0.300. The van der Waals surface area contributed by atoms with Crippen molar-refractivity contribution in [3.63, 3.8) is 0 Å². The highest BCUT2D eigenvalue weighted by Gasteiger charge is 2.34. The van der Waals surface area contributed by atoms with E-state index in [2.05, 4.69) is 30.2 Å². The number of benzene rings is 2. The molecular formula is C20H23N9O4S2. The Morgan fingerprint density at radius 3 is 2.60 bits per heavy atom. The molecule has 0 aliphatic carbocycles. The molecule has 2 aromatic carbocycles. The molecule has 3 aromatic rings. The van der Waals surface area contributed by atoms with Crippen molar-refractivity contribution in [3.8, 4) is 11.1 Å². The Kier molecular flexibility index (Phi) is 5.68. The molecule has 184 valence electrons. The third kappa shape index (κ3) is 4.10. The Morgan fingerprint density at radius 2 is 1.94 bits per heavy atom. The van der Waals surface area contributed by atoms with Gasteiger partial charge >= 0.3 is 0 Å². The van der Waals surface area contributed by atoms with E-state index < -0.39 is 29.8 Å². The van der Waals surface area contributed by atoms with E-state index in [1.165, 1.54) is 12.1 Å². The van der Waals surface area contributed by atoms with E-state index in [0.29, 0.717) is 41.7 Å². The van der Waals surface area contributed by atoms with Crippen molar-refractivity contribution >= 4 is 42.9 Å². The van der Waals surface area contributed by atoms with Gasteiger partial charge in [-0.05, 0) is 30.7 Å². The van der Waals surface area contributed by atoms with Gasteiger partial charge in [0, 0.05) is 25.2 Å². The van der Waals surface area contributed by atoms with E-state index in [1.807, 2.05) is 6.07 Å². The third-order valence-electron chi connectivity index (χ3n) is 5.99. The Balaban J connectivity index is 1.83. The summed E-state index contributed by atoms with van der Waals surface area (Å²) in [4.78, 5) is 7.51. The monoisotopic (exact) mass is 517 g/mol. The van der Waals surface area contributed by atoms with Crippen LogP contribution in [0.15, 0.2) is 55.3 Å². The van der Waals surface area contributed by atoms with Gasteiger partial charge in [-0.3, -0.25) is 0 Å². The number of aryl methyl sites for hydroxylation is 1. The van der Waals surface area contributed by atoms with Gasteiger partial charge in [-0.2, -0.15) is 5.11 Å². The highest BCUT2D eigenvalue weighted by Crippen LogP contribution is 2.38. The summed E-state index contributed by atoms with van der Waals surface area (Å²) in [5.41, 5.74) is 7.98. The summed E-state index contributed by atoms with van der Waals surface area (Å²) in [5, 5.41) is 16.5.